The van der Waals surface area contributed by atoms with Gasteiger partial charge in [0.25, 0.3) is 0 Å². The molecule has 0 unspecified atom stereocenters. The fraction of sp³-hybridized carbons (Fsp3) is 0.929. The third-order valence-corrected chi connectivity index (χ3v) is 4.44. The van der Waals surface area contributed by atoms with Gasteiger partial charge in [0.15, 0.2) is 0 Å². The summed E-state index contributed by atoms with van der Waals surface area (Å²) in [7, 11) is 0. The zero-order chi connectivity index (χ0) is 10.7. The molecule has 1 nitrogen and oxygen atoms in total. The molecule has 1 heterocycles. The van der Waals surface area contributed by atoms with Crippen LogP contribution in [0.1, 0.15) is 52.4 Å². The predicted octanol–water partition coefficient (Wildman–Crippen LogP) is 3.50. The highest BCUT2D eigenvalue weighted by atomic mass is 15.2. The molecule has 1 heteroatoms. The molecule has 0 aromatic carbocycles. The maximum absolute atomic E-state index is 2.75. The Morgan fingerprint density at radius 3 is 2.13 bits per heavy atom. The number of piperidine rings is 1. The summed E-state index contributed by atoms with van der Waals surface area (Å²) in [6.45, 7) is 7.44. The molecule has 0 bridgehead atoms. The van der Waals surface area contributed by atoms with E-state index in [0.717, 1.165) is 17.9 Å². The molecule has 1 aliphatic heterocycles. The topological polar surface area (TPSA) is 3.24 Å². The van der Waals surface area contributed by atoms with Gasteiger partial charge in [-0.05, 0) is 69.9 Å². The molecule has 2 rings (SSSR count). The van der Waals surface area contributed by atoms with Gasteiger partial charge in [-0.25, -0.2) is 0 Å². The van der Waals surface area contributed by atoms with Crippen LogP contribution < -0.4 is 0 Å². The Bertz CT molecular complexity index is 174. The smallest absolute Gasteiger partial charge is 0.00954 e. The maximum atomic E-state index is 2.75. The minimum atomic E-state index is 0.903. The summed E-state index contributed by atoms with van der Waals surface area (Å²) in [6.07, 6.45) is 11.0. The predicted molar refractivity (Wildman–Crippen MR) is 65.7 cm³/mol. The number of likely N-dealkylation sites (tertiary alicyclic amines) is 1. The fourth-order valence-corrected chi connectivity index (χ4v) is 3.27. The summed E-state index contributed by atoms with van der Waals surface area (Å²) in [4.78, 5) is 2.75. The van der Waals surface area contributed by atoms with Gasteiger partial charge in [0.05, 0.1) is 0 Å². The van der Waals surface area contributed by atoms with Gasteiger partial charge in [-0.15, -0.1) is 0 Å². The molecule has 2 fully saturated rings. The molecule has 1 saturated heterocycles. The van der Waals surface area contributed by atoms with Crippen molar-refractivity contribution in [2.45, 2.75) is 58.4 Å². The molecule has 1 aliphatic carbocycles. The van der Waals surface area contributed by atoms with Crippen molar-refractivity contribution >= 4 is 0 Å². The molecule has 15 heavy (non-hydrogen) atoms. The molecule has 0 atom stereocenters. The Morgan fingerprint density at radius 2 is 1.60 bits per heavy atom. The minimum Gasteiger partial charge on any atom is -0.300 e. The fourth-order valence-electron chi connectivity index (χ4n) is 3.27. The second kappa shape index (κ2) is 5.34. The van der Waals surface area contributed by atoms with Gasteiger partial charge in [0.2, 0.25) is 0 Å². The van der Waals surface area contributed by atoms with Crippen LogP contribution >= 0.6 is 0 Å². The standard InChI is InChI=1S/C14H26N/c1-12(2)13-6-8-14(9-7-13)15-10-4-3-5-11-15/h3,12-14H,4-11H2,1-2H3. The van der Waals surface area contributed by atoms with Crippen molar-refractivity contribution in [2.24, 2.45) is 11.8 Å². The highest BCUT2D eigenvalue weighted by Crippen LogP contribution is 2.32. The van der Waals surface area contributed by atoms with Gasteiger partial charge in [-0.2, -0.15) is 0 Å². The Morgan fingerprint density at radius 1 is 1.00 bits per heavy atom. The van der Waals surface area contributed by atoms with E-state index in [1.807, 2.05) is 0 Å². The van der Waals surface area contributed by atoms with E-state index in [2.05, 4.69) is 25.2 Å². The SMILES string of the molecule is CC(C)C1CCC(N2CC[CH]CC2)CC1. The van der Waals surface area contributed by atoms with Crippen molar-refractivity contribution in [1.29, 1.82) is 0 Å². The van der Waals surface area contributed by atoms with Crippen molar-refractivity contribution in [2.75, 3.05) is 13.1 Å². The lowest BCUT2D eigenvalue weighted by Gasteiger charge is -2.39. The van der Waals surface area contributed by atoms with Gasteiger partial charge in [-0.1, -0.05) is 13.8 Å². The van der Waals surface area contributed by atoms with E-state index in [1.54, 1.807) is 0 Å². The Balaban J connectivity index is 1.77. The highest BCUT2D eigenvalue weighted by Gasteiger charge is 2.27. The maximum Gasteiger partial charge on any atom is 0.00954 e. The number of hydrogen-bond acceptors (Lipinski definition) is 1. The number of rotatable bonds is 2. The molecule has 0 N–H and O–H groups in total. The molecule has 0 spiro atoms. The second-order valence-corrected chi connectivity index (χ2v) is 5.71. The van der Waals surface area contributed by atoms with Crippen LogP contribution in [0, 0.1) is 18.3 Å². The summed E-state index contributed by atoms with van der Waals surface area (Å²) < 4.78 is 0. The van der Waals surface area contributed by atoms with E-state index in [4.69, 9.17) is 0 Å². The zero-order valence-corrected chi connectivity index (χ0v) is 10.4. The first-order valence-corrected chi connectivity index (χ1v) is 6.83. The molecular formula is C14H26N. The molecule has 2 aliphatic rings. The third kappa shape index (κ3) is 2.96. The van der Waals surface area contributed by atoms with E-state index in [0.29, 0.717) is 0 Å². The Kier molecular flexibility index (Phi) is 4.07. The van der Waals surface area contributed by atoms with Gasteiger partial charge in [0, 0.05) is 6.04 Å². The lowest BCUT2D eigenvalue weighted by Crippen LogP contribution is -2.41. The van der Waals surface area contributed by atoms with Crippen LogP contribution in [0.5, 0.6) is 0 Å². The summed E-state index contributed by atoms with van der Waals surface area (Å²) >= 11 is 0. The molecular weight excluding hydrogens is 182 g/mol. The minimum absolute atomic E-state index is 0.903. The van der Waals surface area contributed by atoms with Crippen molar-refractivity contribution in [3.05, 3.63) is 6.42 Å². The van der Waals surface area contributed by atoms with Crippen molar-refractivity contribution in [3.63, 3.8) is 0 Å². The van der Waals surface area contributed by atoms with E-state index in [1.165, 1.54) is 51.6 Å². The van der Waals surface area contributed by atoms with Crippen LogP contribution in [0.2, 0.25) is 0 Å². The van der Waals surface area contributed by atoms with Gasteiger partial charge < -0.3 is 4.90 Å². The first kappa shape index (κ1) is 11.4. The van der Waals surface area contributed by atoms with Gasteiger partial charge in [0.1, 0.15) is 0 Å². The summed E-state index contributed by atoms with van der Waals surface area (Å²) in [6, 6.07) is 0.925. The highest BCUT2D eigenvalue weighted by molar-refractivity contribution is 4.85. The lowest BCUT2D eigenvalue weighted by molar-refractivity contribution is 0.114. The summed E-state index contributed by atoms with van der Waals surface area (Å²) in [5, 5.41) is 0. The van der Waals surface area contributed by atoms with Crippen molar-refractivity contribution in [1.82, 2.24) is 4.90 Å². The third-order valence-electron chi connectivity index (χ3n) is 4.44. The van der Waals surface area contributed by atoms with Crippen molar-refractivity contribution in [3.8, 4) is 0 Å². The molecule has 0 amide bonds. The lowest BCUT2D eigenvalue weighted by atomic mass is 9.79. The average Bonchev–Trinajstić information content (AvgIpc) is 2.30. The van der Waals surface area contributed by atoms with Crippen LogP contribution in [0.3, 0.4) is 0 Å². The van der Waals surface area contributed by atoms with Crippen LogP contribution in [-0.2, 0) is 0 Å². The summed E-state index contributed by atoms with van der Waals surface area (Å²) in [5.41, 5.74) is 0. The van der Waals surface area contributed by atoms with Crippen molar-refractivity contribution < 1.29 is 0 Å². The van der Waals surface area contributed by atoms with E-state index >= 15 is 0 Å². The first-order valence-electron chi connectivity index (χ1n) is 6.83. The van der Waals surface area contributed by atoms with Gasteiger partial charge >= 0.3 is 0 Å². The monoisotopic (exact) mass is 208 g/mol. The summed E-state index contributed by atoms with van der Waals surface area (Å²) in [5.74, 6) is 1.92. The van der Waals surface area contributed by atoms with E-state index in [9.17, 15) is 0 Å². The second-order valence-electron chi connectivity index (χ2n) is 5.71. The van der Waals surface area contributed by atoms with Crippen LogP contribution in [0.4, 0.5) is 0 Å². The zero-order valence-electron chi connectivity index (χ0n) is 10.4. The molecule has 1 saturated carbocycles. The number of hydrogen-bond donors (Lipinski definition) is 0. The Hall–Kier alpha value is -0.0400. The molecule has 0 aromatic rings. The first-order chi connectivity index (χ1) is 7.27. The van der Waals surface area contributed by atoms with Crippen LogP contribution in [0.25, 0.3) is 0 Å². The van der Waals surface area contributed by atoms with E-state index in [-0.39, 0.29) is 0 Å². The number of nitrogens with zero attached hydrogens (tertiary/aromatic N) is 1. The Labute approximate surface area is 95.2 Å². The quantitative estimate of drug-likeness (QED) is 0.671. The van der Waals surface area contributed by atoms with Crippen LogP contribution in [0.15, 0.2) is 0 Å². The largest absolute Gasteiger partial charge is 0.300 e. The average molecular weight is 208 g/mol. The van der Waals surface area contributed by atoms with Gasteiger partial charge in [-0.3, -0.25) is 0 Å². The molecule has 0 aromatic heterocycles. The molecule has 87 valence electrons. The normalized spacial score (nSPS) is 34.6. The van der Waals surface area contributed by atoms with Crippen LogP contribution in [-0.4, -0.2) is 24.0 Å². The van der Waals surface area contributed by atoms with E-state index < -0.39 is 0 Å². The molecule has 1 radical (unpaired) electrons.